The van der Waals surface area contributed by atoms with Crippen molar-refractivity contribution in [3.8, 4) is 0 Å². The maximum atomic E-state index is 12.7. The fourth-order valence-electron chi connectivity index (χ4n) is 4.59. The fraction of sp³-hybridized carbons (Fsp3) is 0.667. The molecule has 2 amide bonds. The lowest BCUT2D eigenvalue weighted by Crippen LogP contribution is -2.64. The number of thioether (sulfide) groups is 1. The molecule has 2 saturated carbocycles. The van der Waals surface area contributed by atoms with Crippen molar-refractivity contribution in [3.05, 3.63) is 0 Å². The molecule has 174 valence electrons. The molecule has 5 atom stereocenters. The highest BCUT2D eigenvalue weighted by Crippen LogP contribution is 2.53. The first-order chi connectivity index (χ1) is 15.0. The number of ketones is 1. The number of esters is 1. The molecule has 0 bridgehead atoms. The first kappa shape index (κ1) is 22.3. The Hall–Kier alpha value is -2.95. The molecule has 3 unspecified atom stereocenters. The molecule has 1 aromatic heterocycles. The predicted molar refractivity (Wildman–Crippen MR) is 94.2 cm³/mol. The Bertz CT molecular complexity index is 974. The Morgan fingerprint density at radius 2 is 2.00 bits per heavy atom. The molecule has 4 rings (SSSR count). The second kappa shape index (κ2) is 7.88. The molecule has 0 aromatic carbocycles. The Morgan fingerprint density at radius 3 is 2.62 bits per heavy atom. The number of hydrazine groups is 1. The molecule has 3 fully saturated rings. The van der Waals surface area contributed by atoms with Crippen LogP contribution in [0.3, 0.4) is 0 Å². The Labute approximate surface area is 181 Å². The van der Waals surface area contributed by atoms with E-state index >= 15 is 0 Å². The number of alkyl halides is 3. The summed E-state index contributed by atoms with van der Waals surface area (Å²) in [6.45, 7) is -0.292. The van der Waals surface area contributed by atoms with E-state index in [-0.39, 0.29) is 30.4 Å². The van der Waals surface area contributed by atoms with E-state index < -0.39 is 60.0 Å². The summed E-state index contributed by atoms with van der Waals surface area (Å²) < 4.78 is 43.4. The number of carbonyl (C=O) groups excluding carboxylic acids is 3. The number of primary amides is 1. The average Bonchev–Trinajstić information content (AvgIpc) is 3.25. The van der Waals surface area contributed by atoms with E-state index in [1.807, 2.05) is 0 Å². The quantitative estimate of drug-likeness (QED) is 0.388. The van der Waals surface area contributed by atoms with Gasteiger partial charge in [0.05, 0.1) is 11.8 Å². The van der Waals surface area contributed by atoms with Crippen LogP contribution in [0.15, 0.2) is 5.16 Å². The van der Waals surface area contributed by atoms with Crippen molar-refractivity contribution in [3.63, 3.8) is 0 Å². The minimum Gasteiger partial charge on any atom is -0.464 e. The van der Waals surface area contributed by atoms with Crippen molar-refractivity contribution >= 4 is 35.5 Å². The van der Waals surface area contributed by atoms with Crippen LogP contribution in [0.5, 0.6) is 0 Å². The van der Waals surface area contributed by atoms with Gasteiger partial charge in [-0.1, -0.05) is 11.8 Å². The topological polar surface area (TPSA) is 174 Å². The third-order valence-electron chi connectivity index (χ3n) is 5.73. The highest BCUT2D eigenvalue weighted by Gasteiger charge is 2.69. The van der Waals surface area contributed by atoms with Gasteiger partial charge in [0.25, 0.3) is 0 Å². The summed E-state index contributed by atoms with van der Waals surface area (Å²) in [5.74, 6) is -5.30. The highest BCUT2D eigenvalue weighted by molar-refractivity contribution is 7.99. The zero-order chi connectivity index (χ0) is 23.4. The van der Waals surface area contributed by atoms with Crippen LogP contribution in [0.4, 0.5) is 18.0 Å². The third-order valence-corrected chi connectivity index (χ3v) is 6.67. The molecule has 2 heterocycles. The molecule has 3 aliphatic rings. The summed E-state index contributed by atoms with van der Waals surface area (Å²) >= 11 is 1.00. The maximum Gasteiger partial charge on any atom is 0.490 e. The Morgan fingerprint density at radius 1 is 1.28 bits per heavy atom. The number of nitrogens with zero attached hydrogens (tertiary/aromatic N) is 6. The molecule has 1 aliphatic heterocycles. The zero-order valence-corrected chi connectivity index (χ0v) is 16.8. The van der Waals surface area contributed by atoms with Gasteiger partial charge in [-0.3, -0.25) is 9.59 Å². The molecule has 2 aliphatic carbocycles. The minimum absolute atomic E-state index is 0.0178. The van der Waals surface area contributed by atoms with E-state index in [9.17, 15) is 37.5 Å². The van der Waals surface area contributed by atoms with Gasteiger partial charge in [-0.05, 0) is 23.3 Å². The van der Waals surface area contributed by atoms with Crippen LogP contribution in [0.2, 0.25) is 0 Å². The Balaban J connectivity index is 1.51. The van der Waals surface area contributed by atoms with Crippen LogP contribution in [0.1, 0.15) is 12.8 Å². The molecule has 13 nitrogen and oxygen atoms in total. The number of carboxylic acid groups (broad SMARTS) is 1. The van der Waals surface area contributed by atoms with Crippen molar-refractivity contribution in [2.75, 3.05) is 5.88 Å². The number of halogens is 3. The standard InChI is InChI=1S/C15H16F3N7O6S/c16-15(17,18)12(28)31-6-2-1-5-8-9(6)11(27)10(8)25(14(29)30)24(5)4-32-13-20-21-22-23(13)3-7(19)26/h5-6,8-10H,1-4H2,(H2,19,26)(H,29,30)/t5?,6?,8-,9+,10?/m0/s1. The number of nitrogens with two attached hydrogens (primary N) is 1. The molecule has 1 aromatic rings. The lowest BCUT2D eigenvalue weighted by Gasteiger charge is -2.47. The number of Topliss-reactive ketones (excluding diaryl/α,β-unsaturated/α-hetero) is 1. The normalized spacial score (nSPS) is 29.4. The zero-order valence-electron chi connectivity index (χ0n) is 16.0. The molecule has 1 saturated heterocycles. The van der Waals surface area contributed by atoms with Gasteiger partial charge in [-0.25, -0.2) is 24.3 Å². The third kappa shape index (κ3) is 3.64. The molecule has 17 heteroatoms. The number of tetrazole rings is 1. The monoisotopic (exact) mass is 479 g/mol. The van der Waals surface area contributed by atoms with Crippen LogP contribution in [0.25, 0.3) is 0 Å². The van der Waals surface area contributed by atoms with Crippen LogP contribution < -0.4 is 5.73 Å². The summed E-state index contributed by atoms with van der Waals surface area (Å²) in [6, 6.07) is -1.55. The van der Waals surface area contributed by atoms with Gasteiger partial charge in [0.15, 0.2) is 5.78 Å². The van der Waals surface area contributed by atoms with Crippen LogP contribution in [-0.2, 0) is 25.7 Å². The number of hydrogen-bond acceptors (Lipinski definition) is 10. The molecule has 0 radical (unpaired) electrons. The van der Waals surface area contributed by atoms with E-state index in [0.29, 0.717) is 0 Å². The number of ether oxygens (including phenoxy) is 1. The lowest BCUT2D eigenvalue weighted by molar-refractivity contribution is -0.212. The SMILES string of the molecule is NC(=O)Cn1nnnc1SCN1C2CCC(OC(=O)C(F)(F)F)[C@H]3C(=O)C([C@@H]23)N1C(=O)O. The van der Waals surface area contributed by atoms with Crippen molar-refractivity contribution < 1.29 is 42.2 Å². The van der Waals surface area contributed by atoms with Crippen LogP contribution in [0, 0.1) is 11.8 Å². The summed E-state index contributed by atoms with van der Waals surface area (Å²) in [5.41, 5.74) is 5.13. The van der Waals surface area contributed by atoms with Gasteiger partial charge in [-0.15, -0.1) is 5.10 Å². The number of rotatable bonds is 6. The first-order valence-corrected chi connectivity index (χ1v) is 10.3. The molecule has 0 spiro atoms. The summed E-state index contributed by atoms with van der Waals surface area (Å²) in [7, 11) is 0. The smallest absolute Gasteiger partial charge is 0.464 e. The lowest BCUT2D eigenvalue weighted by atomic mass is 9.59. The van der Waals surface area contributed by atoms with E-state index in [2.05, 4.69) is 20.3 Å². The number of amides is 2. The predicted octanol–water partition coefficient (Wildman–Crippen LogP) is -0.761. The summed E-state index contributed by atoms with van der Waals surface area (Å²) in [5, 5.41) is 22.9. The van der Waals surface area contributed by atoms with Crippen molar-refractivity contribution in [2.45, 2.75) is 48.9 Å². The minimum atomic E-state index is -5.19. The Kier molecular flexibility index (Phi) is 5.48. The van der Waals surface area contributed by atoms with Crippen molar-refractivity contribution in [1.29, 1.82) is 0 Å². The largest absolute Gasteiger partial charge is 0.490 e. The maximum absolute atomic E-state index is 12.7. The van der Waals surface area contributed by atoms with Crippen molar-refractivity contribution in [2.24, 2.45) is 17.6 Å². The number of carbonyl (C=O) groups is 4. The van der Waals surface area contributed by atoms with Gasteiger partial charge in [0.2, 0.25) is 11.1 Å². The van der Waals surface area contributed by atoms with Gasteiger partial charge in [-0.2, -0.15) is 13.2 Å². The molecule has 3 N–H and O–H groups in total. The van der Waals surface area contributed by atoms with Crippen LogP contribution >= 0.6 is 11.8 Å². The van der Waals surface area contributed by atoms with Crippen LogP contribution in [-0.4, -0.2) is 89.3 Å². The van der Waals surface area contributed by atoms with E-state index in [4.69, 9.17) is 5.73 Å². The van der Waals surface area contributed by atoms with Gasteiger partial charge in [0.1, 0.15) is 18.7 Å². The summed E-state index contributed by atoms with van der Waals surface area (Å²) in [4.78, 5) is 46.9. The van der Waals surface area contributed by atoms with Crippen molar-refractivity contribution in [1.82, 2.24) is 30.2 Å². The van der Waals surface area contributed by atoms with Gasteiger partial charge >= 0.3 is 18.2 Å². The fourth-order valence-corrected chi connectivity index (χ4v) is 5.49. The van der Waals surface area contributed by atoms with Gasteiger partial charge < -0.3 is 15.6 Å². The van der Waals surface area contributed by atoms with E-state index in [1.54, 1.807) is 0 Å². The van der Waals surface area contributed by atoms with Gasteiger partial charge in [0, 0.05) is 12.0 Å². The average molecular weight is 479 g/mol. The highest BCUT2D eigenvalue weighted by atomic mass is 32.2. The second-order valence-corrected chi connectivity index (χ2v) is 8.37. The van der Waals surface area contributed by atoms with E-state index in [0.717, 1.165) is 21.5 Å². The summed E-state index contributed by atoms with van der Waals surface area (Å²) in [6.07, 6.45) is -7.68. The molecule has 32 heavy (non-hydrogen) atoms. The second-order valence-electron chi connectivity index (χ2n) is 7.46. The van der Waals surface area contributed by atoms with E-state index in [1.165, 1.54) is 5.01 Å². The first-order valence-electron chi connectivity index (χ1n) is 9.28. The molecular weight excluding hydrogens is 463 g/mol. The number of hydrogen-bond donors (Lipinski definition) is 2. The molecular formula is C15H16F3N7O6S. The number of aromatic nitrogens is 4.